The highest BCUT2D eigenvalue weighted by Crippen LogP contribution is 2.32. The second-order valence-corrected chi connectivity index (χ2v) is 7.40. The third-order valence-corrected chi connectivity index (χ3v) is 5.31. The second-order valence-electron chi connectivity index (χ2n) is 6.99. The fourth-order valence-electron chi connectivity index (χ4n) is 3.45. The molecule has 5 nitrogen and oxygen atoms in total. The van der Waals surface area contributed by atoms with Crippen LogP contribution in [0.5, 0.6) is 0 Å². The van der Waals surface area contributed by atoms with E-state index in [0.29, 0.717) is 23.9 Å². The van der Waals surface area contributed by atoms with Gasteiger partial charge in [0.25, 0.3) is 0 Å². The van der Waals surface area contributed by atoms with Crippen molar-refractivity contribution in [2.45, 2.75) is 6.10 Å². The second kappa shape index (κ2) is 9.11. The normalized spacial score (nSPS) is 16.2. The van der Waals surface area contributed by atoms with Crippen LogP contribution in [0.3, 0.4) is 0 Å². The summed E-state index contributed by atoms with van der Waals surface area (Å²) in [5.74, 6) is 0. The molecule has 1 unspecified atom stereocenters. The van der Waals surface area contributed by atoms with Gasteiger partial charge in [-0.25, -0.2) is 9.79 Å². The van der Waals surface area contributed by atoms with Gasteiger partial charge in [-0.05, 0) is 17.7 Å². The largest absolute Gasteiger partial charge is 0.465 e. The molecule has 1 atom stereocenters. The molecule has 3 aromatic carbocycles. The summed E-state index contributed by atoms with van der Waals surface area (Å²) in [5, 5.41) is 9.74. The number of aliphatic imine (C=N–C) groups is 1. The molecular weight excluding hydrogens is 400 g/mol. The summed E-state index contributed by atoms with van der Waals surface area (Å²) in [4.78, 5) is 17.5. The number of carbonyl (C=O) groups is 1. The van der Waals surface area contributed by atoms with Crippen LogP contribution in [0, 0.1) is 0 Å². The van der Waals surface area contributed by atoms with Crippen molar-refractivity contribution >= 4 is 29.1 Å². The van der Waals surface area contributed by atoms with Crippen LogP contribution < -0.4 is 0 Å². The molecule has 0 bridgehead atoms. The van der Waals surface area contributed by atoms with E-state index < -0.39 is 6.09 Å². The van der Waals surface area contributed by atoms with E-state index >= 15 is 0 Å². The van der Waals surface area contributed by atoms with Gasteiger partial charge in [0.1, 0.15) is 6.10 Å². The van der Waals surface area contributed by atoms with E-state index in [1.807, 2.05) is 78.9 Å². The zero-order chi connectivity index (χ0) is 20.9. The molecule has 0 aromatic heterocycles. The highest BCUT2D eigenvalue weighted by Gasteiger charge is 2.25. The Hall–Kier alpha value is -3.15. The van der Waals surface area contributed by atoms with E-state index in [0.717, 1.165) is 22.4 Å². The summed E-state index contributed by atoms with van der Waals surface area (Å²) >= 11 is 6.57. The van der Waals surface area contributed by atoms with Gasteiger partial charge in [-0.15, -0.1) is 0 Å². The first kappa shape index (κ1) is 20.1. The number of morpholine rings is 1. The standard InChI is InChI=1S/C24H21ClN2O3/c25-20-15-19(22-16-27(24(28)29)13-14-30-22)11-12-21(20)26-23(17-7-3-1-4-8-17)18-9-5-2-6-10-18/h1-12,15,22H,13-14,16H2,(H,28,29). The minimum Gasteiger partial charge on any atom is -0.465 e. The Labute approximate surface area is 180 Å². The summed E-state index contributed by atoms with van der Waals surface area (Å²) in [5.41, 5.74) is 4.31. The van der Waals surface area contributed by atoms with Crippen LogP contribution in [0.1, 0.15) is 22.8 Å². The van der Waals surface area contributed by atoms with Crippen LogP contribution in [0.2, 0.25) is 5.02 Å². The van der Waals surface area contributed by atoms with E-state index in [4.69, 9.17) is 21.3 Å². The summed E-state index contributed by atoms with van der Waals surface area (Å²) in [6.07, 6.45) is -1.28. The first-order valence-electron chi connectivity index (χ1n) is 9.70. The molecule has 6 heteroatoms. The summed E-state index contributed by atoms with van der Waals surface area (Å²) in [6, 6.07) is 25.5. The minimum atomic E-state index is -0.939. The molecule has 0 spiro atoms. The molecule has 0 aliphatic carbocycles. The Morgan fingerprint density at radius 1 is 1.00 bits per heavy atom. The average molecular weight is 421 g/mol. The number of ether oxygens (including phenoxy) is 1. The zero-order valence-electron chi connectivity index (χ0n) is 16.2. The Morgan fingerprint density at radius 3 is 2.20 bits per heavy atom. The van der Waals surface area contributed by atoms with Crippen LogP contribution in [0.15, 0.2) is 83.9 Å². The van der Waals surface area contributed by atoms with Gasteiger partial charge in [-0.1, -0.05) is 78.3 Å². The molecular formula is C24H21ClN2O3. The van der Waals surface area contributed by atoms with Crippen molar-refractivity contribution in [3.63, 3.8) is 0 Å². The zero-order valence-corrected chi connectivity index (χ0v) is 17.0. The third kappa shape index (κ3) is 4.53. The van der Waals surface area contributed by atoms with E-state index in [-0.39, 0.29) is 12.6 Å². The van der Waals surface area contributed by atoms with Crippen LogP contribution in [0.4, 0.5) is 10.5 Å². The SMILES string of the molecule is O=C(O)N1CCOC(c2ccc(N=C(c3ccccc3)c3ccccc3)c(Cl)c2)C1. The van der Waals surface area contributed by atoms with Crippen molar-refractivity contribution in [2.75, 3.05) is 19.7 Å². The van der Waals surface area contributed by atoms with Crippen molar-refractivity contribution in [3.8, 4) is 0 Å². The van der Waals surface area contributed by atoms with Crippen molar-refractivity contribution in [1.29, 1.82) is 0 Å². The molecule has 1 aliphatic rings. The van der Waals surface area contributed by atoms with Gasteiger partial charge in [0, 0.05) is 17.7 Å². The van der Waals surface area contributed by atoms with Crippen molar-refractivity contribution in [3.05, 3.63) is 101 Å². The van der Waals surface area contributed by atoms with Crippen LogP contribution in [0.25, 0.3) is 0 Å². The minimum absolute atomic E-state index is 0.285. The summed E-state index contributed by atoms with van der Waals surface area (Å²) in [7, 11) is 0. The number of benzene rings is 3. The Kier molecular flexibility index (Phi) is 6.12. The lowest BCUT2D eigenvalue weighted by molar-refractivity contribution is -0.0231. The maximum Gasteiger partial charge on any atom is 0.407 e. The number of carboxylic acid groups (broad SMARTS) is 1. The van der Waals surface area contributed by atoms with Crippen LogP contribution >= 0.6 is 11.6 Å². The molecule has 1 fully saturated rings. The number of amides is 1. The molecule has 1 saturated heterocycles. The van der Waals surface area contributed by atoms with Gasteiger partial charge in [-0.3, -0.25) is 0 Å². The van der Waals surface area contributed by atoms with E-state index in [2.05, 4.69) is 0 Å². The Balaban J connectivity index is 1.67. The number of hydrogen-bond donors (Lipinski definition) is 1. The van der Waals surface area contributed by atoms with Crippen molar-refractivity contribution < 1.29 is 14.6 Å². The lowest BCUT2D eigenvalue weighted by Gasteiger charge is -2.31. The predicted molar refractivity (Wildman–Crippen MR) is 118 cm³/mol. The molecule has 1 aliphatic heterocycles. The Bertz CT molecular complexity index is 1010. The van der Waals surface area contributed by atoms with Gasteiger partial charge in [0.05, 0.1) is 29.6 Å². The predicted octanol–water partition coefficient (Wildman–Crippen LogP) is 5.56. The molecule has 1 amide bonds. The van der Waals surface area contributed by atoms with Crippen LogP contribution in [-0.2, 0) is 4.74 Å². The number of rotatable bonds is 4. The fraction of sp³-hybridized carbons (Fsp3) is 0.167. The van der Waals surface area contributed by atoms with Gasteiger partial charge in [-0.2, -0.15) is 0 Å². The topological polar surface area (TPSA) is 62.1 Å². The molecule has 152 valence electrons. The van der Waals surface area contributed by atoms with Crippen molar-refractivity contribution in [2.24, 2.45) is 4.99 Å². The first-order valence-corrected chi connectivity index (χ1v) is 10.1. The Morgan fingerprint density at radius 2 is 1.63 bits per heavy atom. The summed E-state index contributed by atoms with van der Waals surface area (Å²) < 4.78 is 5.76. The lowest BCUT2D eigenvalue weighted by atomic mass is 10.0. The van der Waals surface area contributed by atoms with E-state index in [1.165, 1.54) is 4.90 Å². The molecule has 4 rings (SSSR count). The van der Waals surface area contributed by atoms with Crippen molar-refractivity contribution in [1.82, 2.24) is 4.90 Å². The molecule has 0 radical (unpaired) electrons. The molecule has 0 saturated carbocycles. The quantitative estimate of drug-likeness (QED) is 0.562. The molecule has 1 heterocycles. The smallest absolute Gasteiger partial charge is 0.407 e. The lowest BCUT2D eigenvalue weighted by Crippen LogP contribution is -2.41. The van der Waals surface area contributed by atoms with E-state index in [1.54, 1.807) is 0 Å². The number of halogens is 1. The number of nitrogens with zero attached hydrogens (tertiary/aromatic N) is 2. The summed E-state index contributed by atoms with van der Waals surface area (Å²) in [6.45, 7) is 1.02. The number of hydrogen-bond acceptors (Lipinski definition) is 3. The molecule has 30 heavy (non-hydrogen) atoms. The maximum absolute atomic E-state index is 11.3. The monoisotopic (exact) mass is 420 g/mol. The third-order valence-electron chi connectivity index (χ3n) is 5.01. The van der Waals surface area contributed by atoms with Gasteiger partial charge < -0.3 is 14.7 Å². The average Bonchev–Trinajstić information content (AvgIpc) is 2.79. The van der Waals surface area contributed by atoms with Gasteiger partial charge in [0.2, 0.25) is 0 Å². The first-order chi connectivity index (χ1) is 14.6. The van der Waals surface area contributed by atoms with E-state index in [9.17, 15) is 9.90 Å². The molecule has 1 N–H and O–H groups in total. The van der Waals surface area contributed by atoms with Gasteiger partial charge in [0.15, 0.2) is 0 Å². The molecule has 3 aromatic rings. The van der Waals surface area contributed by atoms with Crippen LogP contribution in [-0.4, -0.2) is 41.5 Å². The maximum atomic E-state index is 11.3. The van der Waals surface area contributed by atoms with Gasteiger partial charge >= 0.3 is 6.09 Å². The fourth-order valence-corrected chi connectivity index (χ4v) is 3.68. The highest BCUT2D eigenvalue weighted by molar-refractivity contribution is 6.33. The highest BCUT2D eigenvalue weighted by atomic mass is 35.5.